The third-order valence-corrected chi connectivity index (χ3v) is 3.23. The van der Waals surface area contributed by atoms with E-state index in [4.69, 9.17) is 5.73 Å². The first-order valence-electron chi connectivity index (χ1n) is 4.47. The average Bonchev–Trinajstić information content (AvgIpc) is 1.99. The molecule has 5 nitrogen and oxygen atoms in total. The van der Waals surface area contributed by atoms with Gasteiger partial charge in [-0.3, -0.25) is 0 Å². The van der Waals surface area contributed by atoms with Crippen LogP contribution >= 0.6 is 0 Å². The molecule has 15 heavy (non-hydrogen) atoms. The second kappa shape index (κ2) is 3.79. The Morgan fingerprint density at radius 1 is 1.40 bits per heavy atom. The first kappa shape index (κ1) is 11.9. The van der Waals surface area contributed by atoms with Gasteiger partial charge in [-0.1, -0.05) is 0 Å². The molecule has 0 amide bonds. The largest absolute Gasteiger partial charge is 0.396 e. The van der Waals surface area contributed by atoms with Gasteiger partial charge in [-0.15, -0.1) is 0 Å². The van der Waals surface area contributed by atoms with E-state index >= 15 is 0 Å². The number of aromatic nitrogens is 1. The molecule has 1 heterocycles. The topological polar surface area (TPSA) is 85.1 Å². The number of hydrogen-bond acceptors (Lipinski definition) is 4. The second-order valence-corrected chi connectivity index (χ2v) is 5.85. The van der Waals surface area contributed by atoms with E-state index in [0.29, 0.717) is 0 Å². The Hall–Kier alpha value is -1.14. The van der Waals surface area contributed by atoms with Crippen molar-refractivity contribution < 1.29 is 8.42 Å². The van der Waals surface area contributed by atoms with Gasteiger partial charge in [-0.05, 0) is 32.9 Å². The van der Waals surface area contributed by atoms with Crippen LogP contribution in [0.2, 0.25) is 0 Å². The van der Waals surface area contributed by atoms with E-state index in [-0.39, 0.29) is 10.7 Å². The second-order valence-electron chi connectivity index (χ2n) is 4.25. The zero-order valence-electron chi connectivity index (χ0n) is 8.98. The molecule has 0 aliphatic rings. The number of nitrogens with one attached hydrogen (secondary N) is 1. The maximum absolute atomic E-state index is 11.8. The van der Waals surface area contributed by atoms with Crippen molar-refractivity contribution >= 4 is 15.7 Å². The molecule has 0 aliphatic heterocycles. The number of nitrogens with zero attached hydrogens (tertiary/aromatic N) is 1. The van der Waals surface area contributed by atoms with Crippen LogP contribution in [0, 0.1) is 0 Å². The Morgan fingerprint density at radius 2 is 2.00 bits per heavy atom. The lowest BCUT2D eigenvalue weighted by atomic mass is 10.1. The molecule has 0 spiro atoms. The smallest absolute Gasteiger partial charge is 0.260 e. The molecular formula is C9H15N3O2S. The van der Waals surface area contributed by atoms with Crippen LogP contribution in [0.4, 0.5) is 5.69 Å². The van der Waals surface area contributed by atoms with Gasteiger partial charge in [0.2, 0.25) is 0 Å². The molecule has 0 saturated carbocycles. The Balaban J connectivity index is 3.13. The molecule has 0 radical (unpaired) electrons. The summed E-state index contributed by atoms with van der Waals surface area (Å²) in [4.78, 5) is 3.76. The first-order valence-corrected chi connectivity index (χ1v) is 5.95. The van der Waals surface area contributed by atoms with Gasteiger partial charge in [-0.25, -0.2) is 18.1 Å². The molecule has 1 aromatic rings. The van der Waals surface area contributed by atoms with E-state index in [1.807, 2.05) is 0 Å². The average molecular weight is 229 g/mol. The summed E-state index contributed by atoms with van der Waals surface area (Å²) in [6.07, 6.45) is 1.40. The van der Waals surface area contributed by atoms with Crippen LogP contribution in [0.3, 0.4) is 0 Å². The standard InChI is InChI=1S/C9H15N3O2S/c1-9(2,3)12-15(13,14)8-7(10)5-4-6-11-8/h4-6,12H,10H2,1-3H3. The van der Waals surface area contributed by atoms with Crippen LogP contribution < -0.4 is 10.5 Å². The van der Waals surface area contributed by atoms with Crippen LogP contribution in [0.15, 0.2) is 23.4 Å². The number of nitrogens with two attached hydrogens (primary N) is 1. The Kier molecular flexibility index (Phi) is 3.01. The molecule has 1 rings (SSSR count). The summed E-state index contributed by atoms with van der Waals surface area (Å²) >= 11 is 0. The monoisotopic (exact) mass is 229 g/mol. The minimum absolute atomic E-state index is 0.125. The van der Waals surface area contributed by atoms with Crippen molar-refractivity contribution in [3.63, 3.8) is 0 Å². The van der Waals surface area contributed by atoms with Crippen molar-refractivity contribution in [2.24, 2.45) is 0 Å². The maximum Gasteiger partial charge on any atom is 0.260 e. The SMILES string of the molecule is CC(C)(C)NS(=O)(=O)c1ncccc1N. The normalized spacial score (nSPS) is 12.7. The van der Waals surface area contributed by atoms with Gasteiger partial charge in [-0.2, -0.15) is 0 Å². The van der Waals surface area contributed by atoms with E-state index in [1.165, 1.54) is 12.3 Å². The summed E-state index contributed by atoms with van der Waals surface area (Å²) in [6.45, 7) is 5.26. The molecule has 0 bridgehead atoms. The van der Waals surface area contributed by atoms with Crippen molar-refractivity contribution in [2.45, 2.75) is 31.3 Å². The highest BCUT2D eigenvalue weighted by Gasteiger charge is 2.24. The molecular weight excluding hydrogens is 214 g/mol. The van der Waals surface area contributed by atoms with Crippen molar-refractivity contribution in [1.82, 2.24) is 9.71 Å². The zero-order valence-corrected chi connectivity index (χ0v) is 9.80. The van der Waals surface area contributed by atoms with Gasteiger partial charge in [0.1, 0.15) is 0 Å². The molecule has 0 aliphatic carbocycles. The highest BCUT2D eigenvalue weighted by Crippen LogP contribution is 2.16. The molecule has 3 N–H and O–H groups in total. The summed E-state index contributed by atoms with van der Waals surface area (Å²) in [7, 11) is -3.63. The van der Waals surface area contributed by atoms with Gasteiger partial charge < -0.3 is 5.73 Å². The summed E-state index contributed by atoms with van der Waals surface area (Å²) < 4.78 is 26.1. The quantitative estimate of drug-likeness (QED) is 0.783. The summed E-state index contributed by atoms with van der Waals surface area (Å²) in [6, 6.07) is 3.09. The van der Waals surface area contributed by atoms with Crippen molar-refractivity contribution in [3.05, 3.63) is 18.3 Å². The number of sulfonamides is 1. The van der Waals surface area contributed by atoms with Crippen LogP contribution in [0.25, 0.3) is 0 Å². The minimum Gasteiger partial charge on any atom is -0.396 e. The highest BCUT2D eigenvalue weighted by atomic mass is 32.2. The zero-order chi connectivity index (χ0) is 11.7. The van der Waals surface area contributed by atoms with E-state index in [2.05, 4.69) is 9.71 Å². The Morgan fingerprint density at radius 3 is 2.47 bits per heavy atom. The van der Waals surface area contributed by atoms with Gasteiger partial charge in [0.15, 0.2) is 5.03 Å². The summed E-state index contributed by atoms with van der Waals surface area (Å²) in [5.41, 5.74) is 5.14. The summed E-state index contributed by atoms with van der Waals surface area (Å²) in [5.74, 6) is 0. The van der Waals surface area contributed by atoms with Gasteiger partial charge in [0.05, 0.1) is 5.69 Å². The van der Waals surface area contributed by atoms with Gasteiger partial charge in [0, 0.05) is 11.7 Å². The maximum atomic E-state index is 11.8. The van der Waals surface area contributed by atoms with Gasteiger partial charge in [0.25, 0.3) is 10.0 Å². The predicted molar refractivity (Wildman–Crippen MR) is 58.7 cm³/mol. The fourth-order valence-electron chi connectivity index (χ4n) is 1.08. The number of anilines is 1. The van der Waals surface area contributed by atoms with E-state index in [0.717, 1.165) is 0 Å². The lowest BCUT2D eigenvalue weighted by Crippen LogP contribution is -2.41. The van der Waals surface area contributed by atoms with Crippen LogP contribution in [0.1, 0.15) is 20.8 Å². The number of pyridine rings is 1. The third-order valence-electron chi connectivity index (χ3n) is 1.50. The Labute approximate surface area is 89.8 Å². The van der Waals surface area contributed by atoms with Gasteiger partial charge >= 0.3 is 0 Å². The minimum atomic E-state index is -3.63. The van der Waals surface area contributed by atoms with Crippen molar-refractivity contribution in [2.75, 3.05) is 5.73 Å². The van der Waals surface area contributed by atoms with E-state index in [9.17, 15) is 8.42 Å². The van der Waals surface area contributed by atoms with E-state index < -0.39 is 15.6 Å². The summed E-state index contributed by atoms with van der Waals surface area (Å²) in [5, 5.41) is -0.125. The molecule has 0 fully saturated rings. The fraction of sp³-hybridized carbons (Fsp3) is 0.444. The number of hydrogen-bond donors (Lipinski definition) is 2. The van der Waals surface area contributed by atoms with Crippen molar-refractivity contribution in [3.8, 4) is 0 Å². The fourth-order valence-corrected chi connectivity index (χ4v) is 2.56. The molecule has 6 heteroatoms. The number of nitrogen functional groups attached to an aromatic ring is 1. The number of rotatable bonds is 2. The van der Waals surface area contributed by atoms with Crippen LogP contribution in [-0.2, 0) is 10.0 Å². The van der Waals surface area contributed by atoms with E-state index in [1.54, 1.807) is 26.8 Å². The third kappa shape index (κ3) is 3.17. The van der Waals surface area contributed by atoms with Crippen LogP contribution in [-0.4, -0.2) is 18.9 Å². The molecule has 0 unspecified atom stereocenters. The molecule has 1 aromatic heterocycles. The van der Waals surface area contributed by atoms with Crippen molar-refractivity contribution in [1.29, 1.82) is 0 Å². The first-order chi connectivity index (χ1) is 6.72. The highest BCUT2D eigenvalue weighted by molar-refractivity contribution is 7.89. The molecule has 0 saturated heterocycles. The lowest BCUT2D eigenvalue weighted by Gasteiger charge is -2.20. The molecule has 0 atom stereocenters. The predicted octanol–water partition coefficient (Wildman–Crippen LogP) is 0.741. The van der Waals surface area contributed by atoms with Crippen LogP contribution in [0.5, 0.6) is 0 Å². The molecule has 84 valence electrons. The molecule has 0 aromatic carbocycles. The lowest BCUT2D eigenvalue weighted by molar-refractivity contribution is 0.490. The Bertz CT molecular complexity index is 449.